The van der Waals surface area contributed by atoms with Gasteiger partial charge in [0, 0.05) is 12.1 Å². The molecule has 0 aromatic carbocycles. The molecule has 0 heterocycles. The largest absolute Gasteiger partial charge is 0.317 e. The van der Waals surface area contributed by atoms with Gasteiger partial charge in [0.05, 0.1) is 5.75 Å². The average molecular weight is 279 g/mol. The Hall–Kier alpha value is -0.170. The van der Waals surface area contributed by atoms with E-state index in [-0.39, 0.29) is 11.3 Å². The number of rotatable bonds is 10. The maximum atomic E-state index is 11.8. The molecule has 0 bridgehead atoms. The zero-order valence-electron chi connectivity index (χ0n) is 12.4. The van der Waals surface area contributed by atoms with Crippen LogP contribution in [0.3, 0.4) is 0 Å². The Kier molecular flexibility index (Phi) is 8.02. The van der Waals surface area contributed by atoms with Crippen LogP contribution in [0.15, 0.2) is 0 Å². The topological polar surface area (TPSA) is 61.4 Å². The van der Waals surface area contributed by atoms with Gasteiger partial charge in [-0.15, -0.1) is 0 Å². The molecule has 0 aliphatic carbocycles. The lowest BCUT2D eigenvalue weighted by atomic mass is 10.1. The molecule has 0 atom stereocenters. The predicted molar refractivity (Wildman–Crippen MR) is 77.3 cm³/mol. The molecule has 18 heavy (non-hydrogen) atoms. The normalized spacial score (nSPS) is 13.2. The molecule has 0 unspecified atom stereocenters. The Morgan fingerprint density at radius 2 is 1.78 bits per heavy atom. The van der Waals surface area contributed by atoms with E-state index >= 15 is 0 Å². The molecule has 0 saturated carbocycles. The zero-order valence-corrected chi connectivity index (χ0v) is 13.2. The second kappa shape index (κ2) is 8.09. The van der Waals surface area contributed by atoms with Gasteiger partial charge in [0.25, 0.3) is 0 Å². The van der Waals surface area contributed by atoms with Crippen LogP contribution in [0.5, 0.6) is 0 Å². The molecular weight excluding hydrogens is 250 g/mol. The van der Waals surface area contributed by atoms with Crippen LogP contribution in [-0.4, -0.2) is 58.3 Å². The van der Waals surface area contributed by atoms with Crippen LogP contribution >= 0.6 is 0 Å². The number of likely N-dealkylation sites (N-methyl/N-ethyl adjacent to an activating group) is 1. The lowest BCUT2D eigenvalue weighted by Gasteiger charge is -2.32. The SMILES string of the molecule is CCNCCCCS(=O)(=O)NCC(C)(C)N(C)C. The number of sulfonamides is 1. The van der Waals surface area contributed by atoms with E-state index in [0.29, 0.717) is 13.0 Å². The molecule has 5 nitrogen and oxygen atoms in total. The second-order valence-corrected chi connectivity index (χ2v) is 7.33. The summed E-state index contributed by atoms with van der Waals surface area (Å²) in [5, 5.41) is 3.18. The van der Waals surface area contributed by atoms with E-state index < -0.39 is 10.0 Å². The molecule has 0 saturated heterocycles. The van der Waals surface area contributed by atoms with Gasteiger partial charge in [-0.25, -0.2) is 13.1 Å². The van der Waals surface area contributed by atoms with Crippen molar-refractivity contribution in [3.05, 3.63) is 0 Å². The van der Waals surface area contributed by atoms with Crippen molar-refractivity contribution >= 4 is 10.0 Å². The average Bonchev–Trinajstić information content (AvgIpc) is 2.26. The molecular formula is C12H29N3O2S. The number of nitrogens with one attached hydrogen (secondary N) is 2. The lowest BCUT2D eigenvalue weighted by molar-refractivity contribution is 0.199. The summed E-state index contributed by atoms with van der Waals surface area (Å²) in [6.45, 7) is 8.33. The maximum absolute atomic E-state index is 11.8. The fourth-order valence-corrected chi connectivity index (χ4v) is 2.54. The molecule has 0 amide bonds. The van der Waals surface area contributed by atoms with E-state index in [0.717, 1.165) is 19.5 Å². The molecule has 0 aliphatic rings. The summed E-state index contributed by atoms with van der Waals surface area (Å²) in [7, 11) is 0.758. The summed E-state index contributed by atoms with van der Waals surface area (Å²) in [6, 6.07) is 0. The van der Waals surface area contributed by atoms with Gasteiger partial charge in [0.1, 0.15) is 0 Å². The quantitative estimate of drug-likeness (QED) is 0.576. The van der Waals surface area contributed by atoms with Crippen LogP contribution in [0.4, 0.5) is 0 Å². The first-order chi connectivity index (χ1) is 8.21. The minimum absolute atomic E-state index is 0.170. The van der Waals surface area contributed by atoms with Crippen molar-refractivity contribution in [2.75, 3.05) is 39.5 Å². The Morgan fingerprint density at radius 3 is 2.28 bits per heavy atom. The monoisotopic (exact) mass is 279 g/mol. The van der Waals surface area contributed by atoms with E-state index in [4.69, 9.17) is 0 Å². The maximum Gasteiger partial charge on any atom is 0.211 e. The van der Waals surface area contributed by atoms with Crippen LogP contribution in [0, 0.1) is 0 Å². The van der Waals surface area contributed by atoms with Gasteiger partial charge in [-0.2, -0.15) is 0 Å². The third-order valence-electron chi connectivity index (χ3n) is 3.20. The summed E-state index contributed by atoms with van der Waals surface area (Å²) in [5.74, 6) is 0.210. The molecule has 2 N–H and O–H groups in total. The van der Waals surface area contributed by atoms with Crippen molar-refractivity contribution in [2.24, 2.45) is 0 Å². The van der Waals surface area contributed by atoms with Gasteiger partial charge in [-0.05, 0) is 53.9 Å². The van der Waals surface area contributed by atoms with Crippen molar-refractivity contribution < 1.29 is 8.42 Å². The Morgan fingerprint density at radius 1 is 1.17 bits per heavy atom. The molecule has 0 aliphatic heterocycles. The summed E-state index contributed by atoms with van der Waals surface area (Å²) < 4.78 is 26.2. The van der Waals surface area contributed by atoms with Gasteiger partial charge in [-0.1, -0.05) is 6.92 Å². The van der Waals surface area contributed by atoms with Crippen LogP contribution in [0.2, 0.25) is 0 Å². The van der Waals surface area contributed by atoms with Crippen molar-refractivity contribution in [1.82, 2.24) is 14.9 Å². The summed E-state index contributed by atoms with van der Waals surface area (Å²) in [5.41, 5.74) is -0.170. The third kappa shape index (κ3) is 8.02. The number of nitrogens with zero attached hydrogens (tertiary/aromatic N) is 1. The fraction of sp³-hybridized carbons (Fsp3) is 1.00. The van der Waals surface area contributed by atoms with Crippen LogP contribution in [0.25, 0.3) is 0 Å². The first-order valence-electron chi connectivity index (χ1n) is 6.57. The van der Waals surface area contributed by atoms with Crippen molar-refractivity contribution in [3.63, 3.8) is 0 Å². The van der Waals surface area contributed by atoms with Crippen molar-refractivity contribution in [3.8, 4) is 0 Å². The van der Waals surface area contributed by atoms with Gasteiger partial charge in [0.2, 0.25) is 10.0 Å². The molecule has 6 heteroatoms. The number of hydrogen-bond donors (Lipinski definition) is 2. The lowest BCUT2D eigenvalue weighted by Crippen LogP contribution is -2.48. The highest BCUT2D eigenvalue weighted by Gasteiger charge is 2.22. The Bertz CT molecular complexity index is 313. The highest BCUT2D eigenvalue weighted by molar-refractivity contribution is 7.89. The molecule has 0 rings (SSSR count). The molecule has 110 valence electrons. The van der Waals surface area contributed by atoms with E-state index in [9.17, 15) is 8.42 Å². The number of hydrogen-bond acceptors (Lipinski definition) is 4. The van der Waals surface area contributed by atoms with Gasteiger partial charge < -0.3 is 10.2 Å². The predicted octanol–water partition coefficient (Wildman–Crippen LogP) is 0.636. The third-order valence-corrected chi connectivity index (χ3v) is 4.61. The van der Waals surface area contributed by atoms with Gasteiger partial charge in [0.15, 0.2) is 0 Å². The van der Waals surface area contributed by atoms with Crippen LogP contribution < -0.4 is 10.0 Å². The fourth-order valence-electron chi connectivity index (χ4n) is 1.24. The molecule has 0 aromatic rings. The summed E-state index contributed by atoms with van der Waals surface area (Å²) in [4.78, 5) is 2.01. The van der Waals surface area contributed by atoms with Crippen LogP contribution in [0.1, 0.15) is 33.6 Å². The molecule has 0 fully saturated rings. The van der Waals surface area contributed by atoms with Crippen LogP contribution in [-0.2, 0) is 10.0 Å². The Labute approximate surface area is 112 Å². The zero-order chi connectivity index (χ0) is 14.2. The number of unbranched alkanes of at least 4 members (excludes halogenated alkanes) is 1. The molecule has 0 radical (unpaired) electrons. The molecule has 0 spiro atoms. The van der Waals surface area contributed by atoms with E-state index in [2.05, 4.69) is 10.0 Å². The van der Waals surface area contributed by atoms with E-state index in [1.165, 1.54) is 0 Å². The first-order valence-corrected chi connectivity index (χ1v) is 8.22. The standard InChI is InChI=1S/C12H29N3O2S/c1-6-13-9-7-8-10-18(16,17)14-11-12(2,3)15(4)5/h13-14H,6-11H2,1-5H3. The van der Waals surface area contributed by atoms with Gasteiger partial charge >= 0.3 is 0 Å². The molecule has 0 aromatic heterocycles. The van der Waals surface area contributed by atoms with E-state index in [1.807, 2.05) is 39.8 Å². The summed E-state index contributed by atoms with van der Waals surface area (Å²) >= 11 is 0. The second-order valence-electron chi connectivity index (χ2n) is 5.41. The minimum Gasteiger partial charge on any atom is -0.317 e. The first kappa shape index (κ1) is 17.8. The van der Waals surface area contributed by atoms with Crippen molar-refractivity contribution in [1.29, 1.82) is 0 Å². The highest BCUT2D eigenvalue weighted by atomic mass is 32.2. The summed E-state index contributed by atoms with van der Waals surface area (Å²) in [6.07, 6.45) is 1.59. The smallest absolute Gasteiger partial charge is 0.211 e. The van der Waals surface area contributed by atoms with Crippen molar-refractivity contribution in [2.45, 2.75) is 39.2 Å². The van der Waals surface area contributed by atoms with E-state index in [1.54, 1.807) is 0 Å². The Balaban J connectivity index is 3.94. The van der Waals surface area contributed by atoms with Gasteiger partial charge in [-0.3, -0.25) is 0 Å². The highest BCUT2D eigenvalue weighted by Crippen LogP contribution is 2.08. The minimum atomic E-state index is -3.14.